The smallest absolute Gasteiger partial charge is 0.137 e. The van der Waals surface area contributed by atoms with Crippen molar-refractivity contribution in [2.75, 3.05) is 13.2 Å². The third kappa shape index (κ3) is 5.84. The van der Waals surface area contributed by atoms with Gasteiger partial charge < -0.3 is 10.1 Å². The summed E-state index contributed by atoms with van der Waals surface area (Å²) < 4.78 is 5.71. The second-order valence-corrected chi connectivity index (χ2v) is 5.80. The maximum atomic E-state index is 6.27. The Hall–Kier alpha value is -0.730. The van der Waals surface area contributed by atoms with Gasteiger partial charge in [0.25, 0.3) is 0 Å². The van der Waals surface area contributed by atoms with Gasteiger partial charge in [-0.2, -0.15) is 0 Å². The molecule has 19 heavy (non-hydrogen) atoms. The van der Waals surface area contributed by atoms with Crippen LogP contribution in [0.5, 0.6) is 5.75 Å². The molecule has 1 atom stereocenters. The number of hydrogen-bond donors (Lipinski definition) is 1. The molecule has 0 aliphatic carbocycles. The molecule has 0 amide bonds. The van der Waals surface area contributed by atoms with Crippen molar-refractivity contribution < 1.29 is 4.74 Å². The van der Waals surface area contributed by atoms with Crippen molar-refractivity contribution in [3.05, 3.63) is 28.8 Å². The van der Waals surface area contributed by atoms with Crippen molar-refractivity contribution in [1.29, 1.82) is 0 Å². The maximum absolute atomic E-state index is 6.27. The van der Waals surface area contributed by atoms with Gasteiger partial charge in [-0.1, -0.05) is 38.4 Å². The lowest BCUT2D eigenvalue weighted by Crippen LogP contribution is -2.19. The fourth-order valence-electron chi connectivity index (χ4n) is 1.79. The predicted molar refractivity (Wildman–Crippen MR) is 83.1 cm³/mol. The number of halogens is 1. The number of hydrogen-bond acceptors (Lipinski definition) is 2. The van der Waals surface area contributed by atoms with Gasteiger partial charge >= 0.3 is 0 Å². The molecule has 1 unspecified atom stereocenters. The van der Waals surface area contributed by atoms with Crippen LogP contribution < -0.4 is 10.1 Å². The van der Waals surface area contributed by atoms with Crippen LogP contribution in [0.4, 0.5) is 0 Å². The quantitative estimate of drug-likeness (QED) is 0.738. The second-order valence-electron chi connectivity index (χ2n) is 5.40. The SMILES string of the molecule is CCCNC(C)c1ccc(OCCC(C)C)c(Cl)c1. The van der Waals surface area contributed by atoms with E-state index in [9.17, 15) is 0 Å². The van der Waals surface area contributed by atoms with Gasteiger partial charge in [-0.25, -0.2) is 0 Å². The molecule has 1 rings (SSSR count). The summed E-state index contributed by atoms with van der Waals surface area (Å²) in [7, 11) is 0. The van der Waals surface area contributed by atoms with Gasteiger partial charge in [0, 0.05) is 6.04 Å². The van der Waals surface area contributed by atoms with Crippen molar-refractivity contribution in [2.24, 2.45) is 5.92 Å². The minimum atomic E-state index is 0.321. The van der Waals surface area contributed by atoms with Gasteiger partial charge in [-0.15, -0.1) is 0 Å². The van der Waals surface area contributed by atoms with E-state index >= 15 is 0 Å². The highest BCUT2D eigenvalue weighted by molar-refractivity contribution is 6.32. The van der Waals surface area contributed by atoms with Gasteiger partial charge in [-0.3, -0.25) is 0 Å². The van der Waals surface area contributed by atoms with Gasteiger partial charge in [0.1, 0.15) is 5.75 Å². The summed E-state index contributed by atoms with van der Waals surface area (Å²) in [5, 5.41) is 4.15. The van der Waals surface area contributed by atoms with Crippen LogP contribution in [0.15, 0.2) is 18.2 Å². The van der Waals surface area contributed by atoms with Crippen LogP contribution >= 0.6 is 11.6 Å². The maximum Gasteiger partial charge on any atom is 0.137 e. The zero-order chi connectivity index (χ0) is 14.3. The molecule has 0 aromatic heterocycles. The summed E-state index contributed by atoms with van der Waals surface area (Å²) in [6.07, 6.45) is 2.18. The Labute approximate surface area is 122 Å². The largest absolute Gasteiger partial charge is 0.492 e. The van der Waals surface area contributed by atoms with Crippen LogP contribution in [0, 0.1) is 5.92 Å². The molecule has 0 saturated carbocycles. The Morgan fingerprint density at radius 2 is 2.00 bits per heavy atom. The molecule has 1 aromatic rings. The number of rotatable bonds is 8. The van der Waals surface area contributed by atoms with E-state index in [4.69, 9.17) is 16.3 Å². The molecular formula is C16H26ClNO. The van der Waals surface area contributed by atoms with Crippen molar-refractivity contribution in [2.45, 2.75) is 46.6 Å². The van der Waals surface area contributed by atoms with Crippen molar-refractivity contribution in [3.63, 3.8) is 0 Å². The number of ether oxygens (including phenoxy) is 1. The summed E-state index contributed by atoms with van der Waals surface area (Å²) >= 11 is 6.27. The van der Waals surface area contributed by atoms with Gasteiger partial charge in [-0.05, 0) is 49.9 Å². The average molecular weight is 284 g/mol. The first-order valence-electron chi connectivity index (χ1n) is 7.20. The monoisotopic (exact) mass is 283 g/mol. The van der Waals surface area contributed by atoms with Crippen LogP contribution in [0.3, 0.4) is 0 Å². The number of benzene rings is 1. The Morgan fingerprint density at radius 1 is 1.26 bits per heavy atom. The minimum Gasteiger partial charge on any atom is -0.492 e. The van der Waals surface area contributed by atoms with Crippen LogP contribution in [0.1, 0.15) is 52.1 Å². The summed E-state index contributed by atoms with van der Waals surface area (Å²) in [4.78, 5) is 0. The standard InChI is InChI=1S/C16H26ClNO/c1-5-9-18-13(4)14-6-7-16(15(17)11-14)19-10-8-12(2)3/h6-7,11-13,18H,5,8-10H2,1-4H3. The third-order valence-electron chi connectivity index (χ3n) is 3.11. The molecule has 0 bridgehead atoms. The van der Waals surface area contributed by atoms with E-state index in [2.05, 4.69) is 39.1 Å². The van der Waals surface area contributed by atoms with Crippen LogP contribution in [-0.2, 0) is 0 Å². The van der Waals surface area contributed by atoms with E-state index in [1.807, 2.05) is 12.1 Å². The first-order chi connectivity index (χ1) is 9.04. The fraction of sp³-hybridized carbons (Fsp3) is 0.625. The molecule has 3 heteroatoms. The molecule has 1 aromatic carbocycles. The third-order valence-corrected chi connectivity index (χ3v) is 3.40. The van der Waals surface area contributed by atoms with Crippen molar-refractivity contribution >= 4 is 11.6 Å². The van der Waals surface area contributed by atoms with E-state index < -0.39 is 0 Å². The van der Waals surface area contributed by atoms with Gasteiger partial charge in [0.2, 0.25) is 0 Å². The molecule has 0 spiro atoms. The van der Waals surface area contributed by atoms with Gasteiger partial charge in [0.15, 0.2) is 0 Å². The van der Waals surface area contributed by atoms with Crippen molar-refractivity contribution in [1.82, 2.24) is 5.32 Å². The molecule has 108 valence electrons. The lowest BCUT2D eigenvalue weighted by molar-refractivity contribution is 0.289. The summed E-state index contributed by atoms with van der Waals surface area (Å²) in [6, 6.07) is 6.38. The van der Waals surface area contributed by atoms with E-state index in [0.717, 1.165) is 31.7 Å². The lowest BCUT2D eigenvalue weighted by Gasteiger charge is -2.15. The lowest BCUT2D eigenvalue weighted by atomic mass is 10.1. The highest BCUT2D eigenvalue weighted by atomic mass is 35.5. The molecule has 0 aliphatic heterocycles. The molecule has 0 saturated heterocycles. The molecule has 0 fully saturated rings. The summed E-state index contributed by atoms with van der Waals surface area (Å²) in [6.45, 7) is 10.4. The normalized spacial score (nSPS) is 12.7. The van der Waals surface area contributed by atoms with Crippen LogP contribution in [-0.4, -0.2) is 13.2 Å². The zero-order valence-electron chi connectivity index (χ0n) is 12.5. The molecule has 1 N–H and O–H groups in total. The molecule has 2 nitrogen and oxygen atoms in total. The molecule has 0 aliphatic rings. The Kier molecular flexibility index (Phi) is 7.25. The Morgan fingerprint density at radius 3 is 2.58 bits per heavy atom. The van der Waals surface area contributed by atoms with E-state index in [1.54, 1.807) is 0 Å². The first-order valence-corrected chi connectivity index (χ1v) is 7.58. The molecule has 0 radical (unpaired) electrons. The predicted octanol–water partition coefficient (Wildman–Crippen LogP) is 4.83. The molecule has 0 heterocycles. The highest BCUT2D eigenvalue weighted by Gasteiger charge is 2.08. The average Bonchev–Trinajstić information content (AvgIpc) is 2.37. The highest BCUT2D eigenvalue weighted by Crippen LogP contribution is 2.28. The van der Waals surface area contributed by atoms with Crippen LogP contribution in [0.2, 0.25) is 5.02 Å². The van der Waals surface area contributed by atoms with E-state index in [1.165, 1.54) is 5.56 Å². The number of nitrogens with one attached hydrogen (secondary N) is 1. The fourth-order valence-corrected chi connectivity index (χ4v) is 2.03. The topological polar surface area (TPSA) is 21.3 Å². The van der Waals surface area contributed by atoms with E-state index in [0.29, 0.717) is 17.0 Å². The minimum absolute atomic E-state index is 0.321. The Balaban J connectivity index is 2.58. The molecular weight excluding hydrogens is 258 g/mol. The van der Waals surface area contributed by atoms with E-state index in [-0.39, 0.29) is 0 Å². The van der Waals surface area contributed by atoms with Crippen molar-refractivity contribution in [3.8, 4) is 5.75 Å². The second kappa shape index (κ2) is 8.44. The summed E-state index contributed by atoms with van der Waals surface area (Å²) in [5.74, 6) is 1.44. The first kappa shape index (κ1) is 16.3. The van der Waals surface area contributed by atoms with Crippen LogP contribution in [0.25, 0.3) is 0 Å². The zero-order valence-corrected chi connectivity index (χ0v) is 13.3. The van der Waals surface area contributed by atoms with Gasteiger partial charge in [0.05, 0.1) is 11.6 Å². The summed E-state index contributed by atoms with van der Waals surface area (Å²) in [5.41, 5.74) is 1.20. The Bertz CT molecular complexity index is 379.